The van der Waals surface area contributed by atoms with Crippen LogP contribution in [0.25, 0.3) is 0 Å². The van der Waals surface area contributed by atoms with Crippen LogP contribution >= 0.6 is 44.8 Å². The summed E-state index contributed by atoms with van der Waals surface area (Å²) in [6.07, 6.45) is 21.4. The van der Waals surface area contributed by atoms with Crippen molar-refractivity contribution in [1.29, 1.82) is 0 Å². The van der Waals surface area contributed by atoms with Crippen LogP contribution in [0.1, 0.15) is 110 Å². The van der Waals surface area contributed by atoms with Gasteiger partial charge in [-0.3, -0.25) is 0 Å². The fraction of sp³-hybridized carbons (Fsp3) is 1.00. The number of hydrogen-bond donors (Lipinski definition) is 0. The molecule has 0 amide bonds. The van der Waals surface area contributed by atoms with E-state index in [1.54, 1.807) is 0 Å². The second-order valence-electron chi connectivity index (χ2n) is 6.75. The van der Waals surface area contributed by atoms with Crippen LogP contribution in [0.15, 0.2) is 0 Å². The largest absolute Gasteiger partial charge is 0.358 e. The second kappa shape index (κ2) is 16.8. The molecule has 0 fully saturated rings. The van der Waals surface area contributed by atoms with Crippen molar-refractivity contribution in [3.05, 3.63) is 0 Å². The molecule has 0 nitrogen and oxygen atoms in total. The average molecular weight is 422 g/mol. The van der Waals surface area contributed by atoms with Crippen LogP contribution in [-0.4, -0.2) is 11.0 Å². The zero-order valence-corrected chi connectivity index (χ0v) is 18.9. The Balaban J connectivity index is 3.11. The minimum atomic E-state index is -2.69. The van der Waals surface area contributed by atoms with Gasteiger partial charge in [0.1, 0.15) is 0 Å². The van der Waals surface area contributed by atoms with E-state index in [0.717, 1.165) is 12.8 Å². The van der Waals surface area contributed by atoms with Gasteiger partial charge in [0, 0.05) is 0 Å². The van der Waals surface area contributed by atoms with E-state index in [1.165, 1.54) is 89.9 Å². The summed E-state index contributed by atoms with van der Waals surface area (Å²) in [6.45, 7) is 2.28. The fourth-order valence-corrected chi connectivity index (χ4v) is 4.53. The van der Waals surface area contributed by atoms with Gasteiger partial charge in [0.15, 0.2) is 0 Å². The summed E-state index contributed by atoms with van der Waals surface area (Å²) in [5.74, 6) is 0. The highest BCUT2D eigenvalue weighted by atomic mass is 35.8. The lowest BCUT2D eigenvalue weighted by atomic mass is 10.0. The summed E-state index contributed by atoms with van der Waals surface area (Å²) in [4.78, 5) is 0. The SMILES string of the molecule is CCCCCCCCCCCCCCCCCC(Cl)[Si](Cl)(Cl)Cl. The first-order chi connectivity index (χ1) is 11.0. The highest BCUT2D eigenvalue weighted by molar-refractivity contribution is 7.66. The standard InChI is InChI=1S/C18H36Cl4Si/c1-2-3-4-5-6-7-8-9-10-11-12-13-14-15-16-17-18(19)23(20,21)22/h18H,2-17H2,1H3. The van der Waals surface area contributed by atoms with Crippen LogP contribution in [0.3, 0.4) is 0 Å². The zero-order chi connectivity index (χ0) is 17.4. The lowest BCUT2D eigenvalue weighted by Gasteiger charge is -2.14. The molecule has 140 valence electrons. The molecule has 0 aliphatic heterocycles. The Kier molecular flexibility index (Phi) is 17.8. The molecule has 1 unspecified atom stereocenters. The van der Waals surface area contributed by atoms with Crippen molar-refractivity contribution in [3.63, 3.8) is 0 Å². The Labute approximate surface area is 165 Å². The van der Waals surface area contributed by atoms with Gasteiger partial charge in [-0.1, -0.05) is 103 Å². The Morgan fingerprint density at radius 1 is 0.565 bits per heavy atom. The first-order valence-electron chi connectivity index (χ1n) is 9.69. The van der Waals surface area contributed by atoms with E-state index in [9.17, 15) is 0 Å². The smallest absolute Gasteiger partial charge is 0.125 e. The summed E-state index contributed by atoms with van der Waals surface area (Å²) in [7, 11) is 0. The Morgan fingerprint density at radius 3 is 1.17 bits per heavy atom. The maximum Gasteiger partial charge on any atom is 0.358 e. The minimum absolute atomic E-state index is 0.227. The molecule has 1 atom stereocenters. The van der Waals surface area contributed by atoms with Gasteiger partial charge in [-0.05, 0) is 6.42 Å². The zero-order valence-electron chi connectivity index (χ0n) is 14.9. The summed E-state index contributed by atoms with van der Waals surface area (Å²) in [5.41, 5.74) is 0. The monoisotopic (exact) mass is 420 g/mol. The maximum absolute atomic E-state index is 6.08. The predicted molar refractivity (Wildman–Crippen MR) is 113 cm³/mol. The molecule has 0 aliphatic rings. The molecule has 23 heavy (non-hydrogen) atoms. The molecule has 0 aromatic carbocycles. The van der Waals surface area contributed by atoms with Crippen molar-refractivity contribution in [2.24, 2.45) is 0 Å². The average Bonchev–Trinajstić information content (AvgIpc) is 2.50. The minimum Gasteiger partial charge on any atom is -0.125 e. The molecule has 0 spiro atoms. The number of alkyl halides is 1. The molecule has 0 saturated carbocycles. The molecule has 0 saturated heterocycles. The highest BCUT2D eigenvalue weighted by Crippen LogP contribution is 2.31. The van der Waals surface area contributed by atoms with Crippen LogP contribution in [0.4, 0.5) is 0 Å². The third kappa shape index (κ3) is 18.0. The van der Waals surface area contributed by atoms with E-state index in [0.29, 0.717) is 0 Å². The van der Waals surface area contributed by atoms with Crippen molar-refractivity contribution >= 4 is 50.8 Å². The van der Waals surface area contributed by atoms with Gasteiger partial charge in [-0.25, -0.2) is 0 Å². The molecule has 0 rings (SSSR count). The third-order valence-corrected chi connectivity index (χ3v) is 9.99. The van der Waals surface area contributed by atoms with Gasteiger partial charge in [0.05, 0.1) is 5.00 Å². The van der Waals surface area contributed by atoms with Crippen LogP contribution in [0.2, 0.25) is 0 Å². The van der Waals surface area contributed by atoms with Crippen molar-refractivity contribution in [3.8, 4) is 0 Å². The van der Waals surface area contributed by atoms with Crippen LogP contribution in [-0.2, 0) is 0 Å². The molecule has 0 aromatic rings. The van der Waals surface area contributed by atoms with Gasteiger partial charge in [0.25, 0.3) is 0 Å². The normalized spacial score (nSPS) is 13.4. The van der Waals surface area contributed by atoms with Gasteiger partial charge in [-0.15, -0.1) is 44.8 Å². The second-order valence-corrected chi connectivity index (χ2v) is 16.5. The van der Waals surface area contributed by atoms with E-state index in [2.05, 4.69) is 6.92 Å². The van der Waals surface area contributed by atoms with E-state index in [-0.39, 0.29) is 5.00 Å². The van der Waals surface area contributed by atoms with Crippen LogP contribution in [0.5, 0.6) is 0 Å². The number of hydrogen-bond acceptors (Lipinski definition) is 0. The quantitative estimate of drug-likeness (QED) is 0.0949. The lowest BCUT2D eigenvalue weighted by molar-refractivity contribution is 0.531. The van der Waals surface area contributed by atoms with Gasteiger partial charge < -0.3 is 0 Å². The molecule has 5 heteroatoms. The van der Waals surface area contributed by atoms with Gasteiger partial charge in [-0.2, -0.15) is 0 Å². The van der Waals surface area contributed by atoms with E-state index < -0.39 is 6.00 Å². The maximum atomic E-state index is 6.08. The number of halogens is 4. The first kappa shape index (κ1) is 24.4. The summed E-state index contributed by atoms with van der Waals surface area (Å²) < 4.78 is 0. The molecule has 0 N–H and O–H groups in total. The predicted octanol–water partition coefficient (Wildman–Crippen LogP) is 9.05. The van der Waals surface area contributed by atoms with Gasteiger partial charge in [0.2, 0.25) is 0 Å². The van der Waals surface area contributed by atoms with Crippen LogP contribution in [0, 0.1) is 0 Å². The van der Waals surface area contributed by atoms with E-state index >= 15 is 0 Å². The fourth-order valence-electron chi connectivity index (χ4n) is 2.86. The molecule has 0 aromatic heterocycles. The van der Waals surface area contributed by atoms with Crippen LogP contribution < -0.4 is 0 Å². The summed E-state index contributed by atoms with van der Waals surface area (Å²) in [5, 5.41) is -0.227. The summed E-state index contributed by atoms with van der Waals surface area (Å²) in [6, 6.07) is -2.69. The summed E-state index contributed by atoms with van der Waals surface area (Å²) >= 11 is 23.7. The van der Waals surface area contributed by atoms with Gasteiger partial charge >= 0.3 is 6.00 Å². The Bertz CT molecular complexity index is 244. The molecule has 0 heterocycles. The Morgan fingerprint density at radius 2 is 0.870 bits per heavy atom. The van der Waals surface area contributed by atoms with E-state index in [4.69, 9.17) is 44.8 Å². The van der Waals surface area contributed by atoms with Crippen molar-refractivity contribution in [2.45, 2.75) is 115 Å². The molecular formula is C18H36Cl4Si. The molecule has 0 radical (unpaired) electrons. The highest BCUT2D eigenvalue weighted by Gasteiger charge is 2.34. The Hall–Kier alpha value is 1.38. The first-order valence-corrected chi connectivity index (χ1v) is 15.2. The topological polar surface area (TPSA) is 0 Å². The molecule has 0 bridgehead atoms. The molecular weight excluding hydrogens is 386 g/mol. The number of rotatable bonds is 17. The third-order valence-electron chi connectivity index (χ3n) is 4.42. The number of unbranched alkanes of at least 4 members (excludes halogenated alkanes) is 14. The van der Waals surface area contributed by atoms with Crippen molar-refractivity contribution in [1.82, 2.24) is 0 Å². The van der Waals surface area contributed by atoms with E-state index in [1.807, 2.05) is 0 Å². The van der Waals surface area contributed by atoms with Crippen molar-refractivity contribution in [2.75, 3.05) is 0 Å². The molecule has 0 aliphatic carbocycles. The lowest BCUT2D eigenvalue weighted by Crippen LogP contribution is -2.25. The van der Waals surface area contributed by atoms with Crippen molar-refractivity contribution < 1.29 is 0 Å².